The zero-order chi connectivity index (χ0) is 18.6. The molecule has 0 aliphatic carbocycles. The molecule has 0 bridgehead atoms. The maximum Gasteiger partial charge on any atom is 0.461 e. The molecule has 0 spiro atoms. The third-order valence-electron chi connectivity index (χ3n) is 3.90. The van der Waals surface area contributed by atoms with Gasteiger partial charge in [0.05, 0.1) is 5.02 Å². The molecule has 2 aromatic rings. The molecule has 0 N–H and O–H groups in total. The Kier molecular flexibility index (Phi) is 6.27. The van der Waals surface area contributed by atoms with Crippen LogP contribution in [0.3, 0.4) is 0 Å². The predicted octanol–water partition coefficient (Wildman–Crippen LogP) is 6.27. The first kappa shape index (κ1) is 19.5. The summed E-state index contributed by atoms with van der Waals surface area (Å²) in [5, 5.41) is 0.550. The number of hydrogen-bond donors (Lipinski definition) is 0. The van der Waals surface area contributed by atoms with E-state index in [0.717, 1.165) is 11.3 Å². The molecule has 0 aliphatic rings. The van der Waals surface area contributed by atoms with E-state index in [9.17, 15) is 17.6 Å². The summed E-state index contributed by atoms with van der Waals surface area (Å²) in [5.41, 5.74) is 1.59. The molecular formula is C18H18ClF4NO. The Labute approximate surface area is 148 Å². The van der Waals surface area contributed by atoms with Crippen LogP contribution < -0.4 is 4.74 Å². The van der Waals surface area contributed by atoms with Crippen molar-refractivity contribution in [3.05, 3.63) is 58.9 Å². The van der Waals surface area contributed by atoms with Gasteiger partial charge in [-0.3, -0.25) is 4.98 Å². The smallest absolute Gasteiger partial charge is 0.428 e. The van der Waals surface area contributed by atoms with Crippen LogP contribution in [0.2, 0.25) is 5.02 Å². The first-order valence-electron chi connectivity index (χ1n) is 7.75. The van der Waals surface area contributed by atoms with Gasteiger partial charge in [0.25, 0.3) is 0 Å². The van der Waals surface area contributed by atoms with E-state index in [1.54, 1.807) is 18.3 Å². The van der Waals surface area contributed by atoms with Crippen molar-refractivity contribution in [2.45, 2.75) is 44.6 Å². The number of pyridine rings is 1. The van der Waals surface area contributed by atoms with Crippen molar-refractivity contribution in [2.24, 2.45) is 0 Å². The van der Waals surface area contributed by atoms with Crippen LogP contribution in [0, 0.1) is 0 Å². The fraction of sp³-hybridized carbons (Fsp3) is 0.389. The number of benzene rings is 1. The summed E-state index contributed by atoms with van der Waals surface area (Å²) in [5.74, 6) is -0.178. The van der Waals surface area contributed by atoms with Gasteiger partial charge in [0.15, 0.2) is 0 Å². The van der Waals surface area contributed by atoms with Crippen LogP contribution in [0.25, 0.3) is 0 Å². The number of aromatic nitrogens is 1. The molecule has 2 unspecified atom stereocenters. The van der Waals surface area contributed by atoms with Crippen molar-refractivity contribution in [1.82, 2.24) is 4.98 Å². The molecule has 0 aliphatic heterocycles. The van der Waals surface area contributed by atoms with Crippen LogP contribution >= 0.6 is 11.6 Å². The highest BCUT2D eigenvalue weighted by molar-refractivity contribution is 6.30. The molecule has 0 amide bonds. The summed E-state index contributed by atoms with van der Waals surface area (Å²) in [6, 6.07) is 9.45. The SMILES string of the molecule is CC(CC(C)c1ccc(Cl)cn1)c1cccc(OC(F)(F)C(F)F)c1. The molecule has 0 radical (unpaired) electrons. The summed E-state index contributed by atoms with van der Waals surface area (Å²) in [4.78, 5) is 4.27. The topological polar surface area (TPSA) is 22.1 Å². The van der Waals surface area contributed by atoms with Gasteiger partial charge in [-0.2, -0.15) is 17.6 Å². The average molecular weight is 376 g/mol. The number of rotatable bonds is 7. The second-order valence-electron chi connectivity index (χ2n) is 5.98. The summed E-state index contributed by atoms with van der Waals surface area (Å²) in [6.45, 7) is 3.93. The van der Waals surface area contributed by atoms with E-state index in [1.165, 1.54) is 18.2 Å². The predicted molar refractivity (Wildman–Crippen MR) is 88.7 cm³/mol. The van der Waals surface area contributed by atoms with Crippen LogP contribution in [0.15, 0.2) is 42.6 Å². The van der Waals surface area contributed by atoms with E-state index >= 15 is 0 Å². The van der Waals surface area contributed by atoms with Gasteiger partial charge in [-0.05, 0) is 48.1 Å². The molecule has 0 fully saturated rings. The zero-order valence-electron chi connectivity index (χ0n) is 13.7. The van der Waals surface area contributed by atoms with Gasteiger partial charge >= 0.3 is 12.5 Å². The van der Waals surface area contributed by atoms with E-state index in [0.29, 0.717) is 11.4 Å². The number of alkyl halides is 4. The number of hydrogen-bond acceptors (Lipinski definition) is 2. The van der Waals surface area contributed by atoms with E-state index < -0.39 is 12.5 Å². The van der Waals surface area contributed by atoms with Gasteiger partial charge in [-0.15, -0.1) is 0 Å². The van der Waals surface area contributed by atoms with Crippen molar-refractivity contribution in [2.75, 3.05) is 0 Å². The van der Waals surface area contributed by atoms with Gasteiger partial charge in [0, 0.05) is 11.9 Å². The monoisotopic (exact) mass is 375 g/mol. The molecular weight excluding hydrogens is 358 g/mol. The van der Waals surface area contributed by atoms with Gasteiger partial charge in [0.1, 0.15) is 5.75 Å². The summed E-state index contributed by atoms with van der Waals surface area (Å²) in [7, 11) is 0. The first-order chi connectivity index (χ1) is 11.7. The van der Waals surface area contributed by atoms with E-state index in [4.69, 9.17) is 11.6 Å². The van der Waals surface area contributed by atoms with Crippen LogP contribution in [0.4, 0.5) is 17.6 Å². The van der Waals surface area contributed by atoms with Crippen molar-refractivity contribution in [3.8, 4) is 5.75 Å². The lowest BCUT2D eigenvalue weighted by molar-refractivity contribution is -0.253. The molecule has 25 heavy (non-hydrogen) atoms. The number of ether oxygens (including phenoxy) is 1. The van der Waals surface area contributed by atoms with Crippen molar-refractivity contribution >= 4 is 11.6 Å². The number of nitrogens with zero attached hydrogens (tertiary/aromatic N) is 1. The van der Waals surface area contributed by atoms with Crippen LogP contribution in [-0.2, 0) is 0 Å². The van der Waals surface area contributed by atoms with Crippen LogP contribution in [-0.4, -0.2) is 17.5 Å². The zero-order valence-corrected chi connectivity index (χ0v) is 14.5. The highest BCUT2D eigenvalue weighted by atomic mass is 35.5. The van der Waals surface area contributed by atoms with Gasteiger partial charge in [-0.1, -0.05) is 37.6 Å². The quantitative estimate of drug-likeness (QED) is 0.532. The molecule has 1 aromatic carbocycles. The van der Waals surface area contributed by atoms with Gasteiger partial charge in [0.2, 0.25) is 0 Å². The molecule has 1 aromatic heterocycles. The fourth-order valence-electron chi connectivity index (χ4n) is 2.55. The Morgan fingerprint density at radius 3 is 2.44 bits per heavy atom. The lowest BCUT2D eigenvalue weighted by Gasteiger charge is -2.20. The van der Waals surface area contributed by atoms with Crippen molar-refractivity contribution < 1.29 is 22.3 Å². The Bertz CT molecular complexity index is 694. The molecule has 2 atom stereocenters. The molecule has 2 rings (SSSR count). The third kappa shape index (κ3) is 5.33. The second kappa shape index (κ2) is 8.04. The van der Waals surface area contributed by atoms with E-state index in [-0.39, 0.29) is 17.6 Å². The lowest BCUT2D eigenvalue weighted by atomic mass is 9.89. The molecule has 136 valence electrons. The Hall–Kier alpha value is -1.82. The van der Waals surface area contributed by atoms with Gasteiger partial charge < -0.3 is 4.74 Å². The Morgan fingerprint density at radius 1 is 1.12 bits per heavy atom. The van der Waals surface area contributed by atoms with Gasteiger partial charge in [-0.25, -0.2) is 0 Å². The summed E-state index contributed by atoms with van der Waals surface area (Å²) < 4.78 is 54.7. The van der Waals surface area contributed by atoms with E-state index in [1.807, 2.05) is 19.9 Å². The largest absolute Gasteiger partial charge is 0.461 e. The molecule has 1 heterocycles. The minimum atomic E-state index is -4.51. The Balaban J connectivity index is 2.07. The van der Waals surface area contributed by atoms with Crippen LogP contribution in [0.5, 0.6) is 5.75 Å². The molecule has 0 saturated heterocycles. The minimum absolute atomic E-state index is 0.00352. The normalized spacial score (nSPS) is 14.4. The van der Waals surface area contributed by atoms with E-state index in [2.05, 4.69) is 9.72 Å². The molecule has 2 nitrogen and oxygen atoms in total. The third-order valence-corrected chi connectivity index (χ3v) is 4.12. The highest BCUT2D eigenvalue weighted by Gasteiger charge is 2.44. The fourth-order valence-corrected chi connectivity index (χ4v) is 2.66. The maximum absolute atomic E-state index is 13.0. The Morgan fingerprint density at radius 2 is 1.84 bits per heavy atom. The van der Waals surface area contributed by atoms with Crippen molar-refractivity contribution in [3.63, 3.8) is 0 Å². The molecule has 0 saturated carbocycles. The average Bonchev–Trinajstić information content (AvgIpc) is 2.55. The summed E-state index contributed by atoms with van der Waals surface area (Å²) >= 11 is 5.82. The number of halogens is 5. The second-order valence-corrected chi connectivity index (χ2v) is 6.41. The van der Waals surface area contributed by atoms with Crippen molar-refractivity contribution in [1.29, 1.82) is 0 Å². The maximum atomic E-state index is 13.0. The van der Waals surface area contributed by atoms with Crippen LogP contribution in [0.1, 0.15) is 43.4 Å². The highest BCUT2D eigenvalue weighted by Crippen LogP contribution is 2.32. The minimum Gasteiger partial charge on any atom is -0.428 e. The first-order valence-corrected chi connectivity index (χ1v) is 8.13. The molecule has 7 heteroatoms. The standard InChI is InChI=1S/C18H18ClF4NO/c1-11(8-12(2)16-7-6-14(19)10-24-16)13-4-3-5-15(9-13)25-18(22,23)17(20)21/h3-7,9-12,17H,8H2,1-2H3. The lowest BCUT2D eigenvalue weighted by Crippen LogP contribution is -2.33. The summed E-state index contributed by atoms with van der Waals surface area (Å²) in [6.07, 6.45) is -6.13.